The zero-order chi connectivity index (χ0) is 19.5. The molecule has 1 saturated carbocycles. The first-order chi connectivity index (χ1) is 13.6. The van der Waals surface area contributed by atoms with Crippen LogP contribution in [0.2, 0.25) is 5.02 Å². The van der Waals surface area contributed by atoms with E-state index < -0.39 is 0 Å². The molecule has 2 aliphatic rings. The first kappa shape index (κ1) is 19.1. The summed E-state index contributed by atoms with van der Waals surface area (Å²) in [5, 5.41) is 7.25. The van der Waals surface area contributed by atoms with Crippen LogP contribution in [0.15, 0.2) is 42.5 Å². The van der Waals surface area contributed by atoms with Crippen LogP contribution >= 0.6 is 11.6 Å². The molecule has 2 aromatic rings. The lowest BCUT2D eigenvalue weighted by atomic mass is 10.1. The van der Waals surface area contributed by atoms with Crippen LogP contribution in [0.25, 0.3) is 0 Å². The molecule has 0 spiro atoms. The van der Waals surface area contributed by atoms with E-state index in [2.05, 4.69) is 33.5 Å². The minimum Gasteiger partial charge on any atom is -0.381 e. The van der Waals surface area contributed by atoms with E-state index in [9.17, 15) is 4.79 Å². The number of likely N-dealkylation sites (N-methyl/N-ethyl adjacent to an activating group) is 1. The Labute approximate surface area is 171 Å². The van der Waals surface area contributed by atoms with Crippen molar-refractivity contribution in [2.45, 2.75) is 25.4 Å². The number of rotatable bonds is 6. The molecule has 1 saturated heterocycles. The Morgan fingerprint density at radius 3 is 2.46 bits per heavy atom. The van der Waals surface area contributed by atoms with Gasteiger partial charge < -0.3 is 20.4 Å². The van der Waals surface area contributed by atoms with Crippen molar-refractivity contribution in [1.82, 2.24) is 10.2 Å². The number of piperazine rings is 1. The second kappa shape index (κ2) is 8.41. The zero-order valence-electron chi connectivity index (χ0n) is 16.2. The average molecular weight is 399 g/mol. The lowest BCUT2D eigenvalue weighted by molar-refractivity contribution is 0.0951. The SMILES string of the molecule is CN1CCN(c2cccc(Cl)c2CNc2ccc(C(=O)NC3CC3)cc2)CC1. The molecule has 5 nitrogen and oxygen atoms in total. The van der Waals surface area contributed by atoms with Crippen LogP contribution < -0.4 is 15.5 Å². The molecule has 2 N–H and O–H groups in total. The fraction of sp³-hybridized carbons (Fsp3) is 0.409. The third-order valence-corrected chi connectivity index (χ3v) is 5.82. The van der Waals surface area contributed by atoms with E-state index in [4.69, 9.17) is 11.6 Å². The minimum atomic E-state index is 0.0116. The number of amides is 1. The van der Waals surface area contributed by atoms with Gasteiger partial charge in [0, 0.05) is 66.3 Å². The van der Waals surface area contributed by atoms with E-state index in [0.717, 1.165) is 55.3 Å². The molecule has 6 heteroatoms. The molecule has 2 fully saturated rings. The van der Waals surface area contributed by atoms with E-state index in [1.54, 1.807) is 0 Å². The summed E-state index contributed by atoms with van der Waals surface area (Å²) >= 11 is 6.53. The summed E-state index contributed by atoms with van der Waals surface area (Å²) in [6.07, 6.45) is 2.19. The van der Waals surface area contributed by atoms with Gasteiger partial charge in [-0.1, -0.05) is 17.7 Å². The Balaban J connectivity index is 1.42. The van der Waals surface area contributed by atoms with Crippen LogP contribution in [-0.2, 0) is 6.54 Å². The molecule has 0 atom stereocenters. The summed E-state index contributed by atoms with van der Waals surface area (Å²) in [4.78, 5) is 16.9. The monoisotopic (exact) mass is 398 g/mol. The van der Waals surface area contributed by atoms with Gasteiger partial charge in [0.15, 0.2) is 0 Å². The number of nitrogens with one attached hydrogen (secondary N) is 2. The van der Waals surface area contributed by atoms with Gasteiger partial charge in [-0.25, -0.2) is 0 Å². The highest BCUT2D eigenvalue weighted by Gasteiger charge is 2.23. The maximum Gasteiger partial charge on any atom is 0.251 e. The highest BCUT2D eigenvalue weighted by molar-refractivity contribution is 6.31. The van der Waals surface area contributed by atoms with Gasteiger partial charge in [-0.3, -0.25) is 4.79 Å². The van der Waals surface area contributed by atoms with E-state index >= 15 is 0 Å². The first-order valence-corrected chi connectivity index (χ1v) is 10.3. The maximum absolute atomic E-state index is 12.1. The van der Waals surface area contributed by atoms with Gasteiger partial charge in [-0.15, -0.1) is 0 Å². The Kier molecular flexibility index (Phi) is 5.74. The summed E-state index contributed by atoms with van der Waals surface area (Å²) in [5.74, 6) is 0.0116. The summed E-state index contributed by atoms with van der Waals surface area (Å²) in [6, 6.07) is 14.1. The van der Waals surface area contributed by atoms with Gasteiger partial charge in [0.05, 0.1) is 0 Å². The predicted molar refractivity (Wildman–Crippen MR) is 115 cm³/mol. The second-order valence-electron chi connectivity index (χ2n) is 7.71. The number of halogens is 1. The fourth-order valence-corrected chi connectivity index (χ4v) is 3.73. The summed E-state index contributed by atoms with van der Waals surface area (Å²) in [5.41, 5.74) is 4.00. The molecular weight excluding hydrogens is 372 g/mol. The van der Waals surface area contributed by atoms with Crippen molar-refractivity contribution in [3.05, 3.63) is 58.6 Å². The fourth-order valence-electron chi connectivity index (χ4n) is 3.49. The highest BCUT2D eigenvalue weighted by Crippen LogP contribution is 2.29. The number of carbonyl (C=O) groups excluding carboxylic acids is 1. The summed E-state index contributed by atoms with van der Waals surface area (Å²) in [7, 11) is 2.16. The molecule has 0 aromatic heterocycles. The number of benzene rings is 2. The van der Waals surface area contributed by atoms with Crippen LogP contribution in [0.1, 0.15) is 28.8 Å². The quantitative estimate of drug-likeness (QED) is 0.780. The van der Waals surface area contributed by atoms with E-state index in [0.29, 0.717) is 18.2 Å². The van der Waals surface area contributed by atoms with Crippen molar-refractivity contribution in [1.29, 1.82) is 0 Å². The Morgan fingerprint density at radius 2 is 1.79 bits per heavy atom. The average Bonchev–Trinajstić information content (AvgIpc) is 3.52. The first-order valence-electron chi connectivity index (χ1n) is 9.96. The van der Waals surface area contributed by atoms with Crippen LogP contribution in [0.3, 0.4) is 0 Å². The van der Waals surface area contributed by atoms with Crippen LogP contribution in [-0.4, -0.2) is 50.1 Å². The molecule has 0 unspecified atom stereocenters. The van der Waals surface area contributed by atoms with Gasteiger partial charge in [0.25, 0.3) is 5.91 Å². The highest BCUT2D eigenvalue weighted by atomic mass is 35.5. The zero-order valence-corrected chi connectivity index (χ0v) is 17.0. The second-order valence-corrected chi connectivity index (χ2v) is 8.11. The number of anilines is 2. The van der Waals surface area contributed by atoms with Crippen LogP contribution in [0.4, 0.5) is 11.4 Å². The smallest absolute Gasteiger partial charge is 0.251 e. The summed E-state index contributed by atoms with van der Waals surface area (Å²) in [6.45, 7) is 4.78. The Morgan fingerprint density at radius 1 is 1.07 bits per heavy atom. The van der Waals surface area contributed by atoms with Gasteiger partial charge in [0.1, 0.15) is 0 Å². The molecule has 148 valence electrons. The van der Waals surface area contributed by atoms with E-state index in [-0.39, 0.29) is 5.91 Å². The number of carbonyl (C=O) groups is 1. The van der Waals surface area contributed by atoms with Gasteiger partial charge in [-0.05, 0) is 56.3 Å². The molecule has 1 aliphatic carbocycles. The lowest BCUT2D eigenvalue weighted by Gasteiger charge is -2.35. The van der Waals surface area contributed by atoms with Crippen molar-refractivity contribution >= 4 is 28.9 Å². The molecule has 0 radical (unpaired) electrons. The Hall–Kier alpha value is -2.24. The third-order valence-electron chi connectivity index (χ3n) is 5.47. The molecule has 1 heterocycles. The minimum absolute atomic E-state index is 0.0116. The van der Waals surface area contributed by atoms with Crippen molar-refractivity contribution in [2.75, 3.05) is 43.4 Å². The lowest BCUT2D eigenvalue weighted by Crippen LogP contribution is -2.44. The van der Waals surface area contributed by atoms with Crippen LogP contribution in [0.5, 0.6) is 0 Å². The molecular formula is C22H27ClN4O. The van der Waals surface area contributed by atoms with Crippen molar-refractivity contribution < 1.29 is 4.79 Å². The van der Waals surface area contributed by atoms with E-state index in [1.165, 1.54) is 5.69 Å². The Bertz CT molecular complexity index is 827. The normalized spacial score (nSPS) is 17.4. The van der Waals surface area contributed by atoms with Crippen molar-refractivity contribution in [3.63, 3.8) is 0 Å². The molecule has 2 aromatic carbocycles. The van der Waals surface area contributed by atoms with E-state index in [1.807, 2.05) is 36.4 Å². The van der Waals surface area contributed by atoms with Gasteiger partial charge in [-0.2, -0.15) is 0 Å². The molecule has 28 heavy (non-hydrogen) atoms. The molecule has 0 bridgehead atoms. The number of nitrogens with zero attached hydrogens (tertiary/aromatic N) is 2. The van der Waals surface area contributed by atoms with Gasteiger partial charge >= 0.3 is 0 Å². The maximum atomic E-state index is 12.1. The molecule has 1 aliphatic heterocycles. The number of hydrogen-bond donors (Lipinski definition) is 2. The third kappa shape index (κ3) is 4.59. The standard InChI is InChI=1S/C22H27ClN4O/c1-26-11-13-27(14-12-26)21-4-2-3-20(23)19(21)15-24-17-7-5-16(6-8-17)22(28)25-18-9-10-18/h2-8,18,24H,9-15H2,1H3,(H,25,28). The van der Waals surface area contributed by atoms with Crippen molar-refractivity contribution in [2.24, 2.45) is 0 Å². The topological polar surface area (TPSA) is 47.6 Å². The van der Waals surface area contributed by atoms with Crippen LogP contribution in [0, 0.1) is 0 Å². The summed E-state index contributed by atoms with van der Waals surface area (Å²) < 4.78 is 0. The molecule has 1 amide bonds. The number of hydrogen-bond acceptors (Lipinski definition) is 4. The van der Waals surface area contributed by atoms with Gasteiger partial charge in [0.2, 0.25) is 0 Å². The molecule has 4 rings (SSSR count). The predicted octanol–water partition coefficient (Wildman–Crippen LogP) is 3.60. The largest absolute Gasteiger partial charge is 0.381 e. The van der Waals surface area contributed by atoms with Crippen molar-refractivity contribution in [3.8, 4) is 0 Å².